The molecule has 0 N–H and O–H groups in total. The molecule has 1 aliphatic rings. The zero-order valence-electron chi connectivity index (χ0n) is 17.9. The lowest BCUT2D eigenvalue weighted by Crippen LogP contribution is -2.38. The Bertz CT molecular complexity index is 980. The predicted molar refractivity (Wildman–Crippen MR) is 124 cm³/mol. The number of alkyl halides is 3. The van der Waals surface area contributed by atoms with Gasteiger partial charge in [0.05, 0.1) is 11.6 Å². The van der Waals surface area contributed by atoms with Crippen molar-refractivity contribution in [1.29, 1.82) is 0 Å². The third-order valence-electron chi connectivity index (χ3n) is 5.40. The number of carbonyl (C=O) groups excluding carboxylic acids is 1. The summed E-state index contributed by atoms with van der Waals surface area (Å²) < 4.78 is 39.2. The summed E-state index contributed by atoms with van der Waals surface area (Å²) in [4.78, 5) is 16.5. The maximum Gasteiger partial charge on any atom is 0.416 e. The summed E-state index contributed by atoms with van der Waals surface area (Å²) in [7, 11) is 0. The van der Waals surface area contributed by atoms with Gasteiger partial charge in [-0.3, -0.25) is 4.79 Å². The van der Waals surface area contributed by atoms with E-state index in [1.54, 1.807) is 6.08 Å². The van der Waals surface area contributed by atoms with Crippen LogP contribution in [0.15, 0.2) is 95.9 Å². The molecule has 1 aliphatic heterocycles. The molecular formula is C26H26F3NOS. The molecule has 0 saturated carbocycles. The van der Waals surface area contributed by atoms with Crippen LogP contribution in [0.1, 0.15) is 36.1 Å². The number of benzene rings is 2. The van der Waals surface area contributed by atoms with Crippen molar-refractivity contribution in [3.63, 3.8) is 0 Å². The molecule has 0 spiro atoms. The molecule has 1 heterocycles. The first-order valence-electron chi connectivity index (χ1n) is 10.5. The number of carbonyl (C=O) groups is 1. The van der Waals surface area contributed by atoms with Crippen LogP contribution in [0.4, 0.5) is 13.2 Å². The summed E-state index contributed by atoms with van der Waals surface area (Å²) in [6, 6.07) is 14.3. The van der Waals surface area contributed by atoms with E-state index in [0.717, 1.165) is 35.4 Å². The maximum atomic E-state index is 13.7. The number of allylic oxidation sites excluding steroid dienone is 3. The Morgan fingerprint density at radius 3 is 2.44 bits per heavy atom. The van der Waals surface area contributed by atoms with Gasteiger partial charge < -0.3 is 4.90 Å². The maximum absolute atomic E-state index is 13.7. The molecule has 1 amide bonds. The minimum atomic E-state index is -4.42. The number of hydrogen-bond donors (Lipinski definition) is 0. The van der Waals surface area contributed by atoms with E-state index in [1.807, 2.05) is 60.4 Å². The van der Waals surface area contributed by atoms with E-state index in [4.69, 9.17) is 0 Å². The SMILES string of the molecule is C=C/C(=C\C=C/C)C1CCCN1C(=O)C(Sc1ccccc1)c1ccc(C(F)(F)F)cc1. The van der Waals surface area contributed by atoms with Gasteiger partial charge in [0.25, 0.3) is 0 Å². The highest BCUT2D eigenvalue weighted by Gasteiger charge is 2.36. The summed E-state index contributed by atoms with van der Waals surface area (Å²) in [5, 5.41) is -0.645. The summed E-state index contributed by atoms with van der Waals surface area (Å²) >= 11 is 1.36. The molecule has 1 saturated heterocycles. The summed E-state index contributed by atoms with van der Waals surface area (Å²) in [6.45, 7) is 6.43. The van der Waals surface area contributed by atoms with Crippen LogP contribution in [0.5, 0.6) is 0 Å². The first kappa shape index (κ1) is 23.9. The molecule has 168 valence electrons. The molecule has 0 aromatic heterocycles. The predicted octanol–water partition coefficient (Wildman–Crippen LogP) is 7.22. The third-order valence-corrected chi connectivity index (χ3v) is 6.65. The van der Waals surface area contributed by atoms with E-state index in [2.05, 4.69) is 6.58 Å². The van der Waals surface area contributed by atoms with Crippen LogP contribution in [0, 0.1) is 0 Å². The first-order chi connectivity index (χ1) is 15.3. The van der Waals surface area contributed by atoms with Crippen LogP contribution in [0.3, 0.4) is 0 Å². The number of thioether (sulfide) groups is 1. The second-order valence-corrected chi connectivity index (χ2v) is 8.70. The van der Waals surface area contributed by atoms with Crippen LogP contribution < -0.4 is 0 Å². The summed E-state index contributed by atoms with van der Waals surface area (Å²) in [5.74, 6) is -0.102. The Kier molecular flexibility index (Phi) is 8.02. The van der Waals surface area contributed by atoms with Gasteiger partial charge in [-0.1, -0.05) is 61.2 Å². The lowest BCUT2D eigenvalue weighted by Gasteiger charge is -2.30. The van der Waals surface area contributed by atoms with E-state index in [-0.39, 0.29) is 11.9 Å². The number of hydrogen-bond acceptors (Lipinski definition) is 2. The normalized spacial score (nSPS) is 18.2. The standard InChI is InChI=1S/C26H26F3NOS/c1-3-5-10-19(4-2)23-13-9-18-30(23)25(31)24(32-22-11-7-6-8-12-22)20-14-16-21(17-15-20)26(27,28)29/h3-8,10-12,14-17,23-24H,2,9,13,18H2,1H3/b5-3-,19-10+. The zero-order chi connectivity index (χ0) is 23.1. The number of nitrogens with zero attached hydrogens (tertiary/aromatic N) is 1. The Morgan fingerprint density at radius 1 is 1.16 bits per heavy atom. The Morgan fingerprint density at radius 2 is 1.84 bits per heavy atom. The average Bonchev–Trinajstić information content (AvgIpc) is 3.27. The largest absolute Gasteiger partial charge is 0.416 e. The number of rotatable bonds is 7. The van der Waals surface area contributed by atoms with Gasteiger partial charge in [-0.05, 0) is 55.2 Å². The second kappa shape index (κ2) is 10.7. The molecule has 32 heavy (non-hydrogen) atoms. The van der Waals surface area contributed by atoms with E-state index >= 15 is 0 Å². The van der Waals surface area contributed by atoms with Gasteiger partial charge in [0.1, 0.15) is 5.25 Å². The molecule has 6 heteroatoms. The van der Waals surface area contributed by atoms with Gasteiger partial charge in [-0.15, -0.1) is 11.8 Å². The fraction of sp³-hybridized carbons (Fsp3) is 0.269. The summed E-state index contributed by atoms with van der Waals surface area (Å²) in [6.07, 6.45) is 4.85. The Balaban J connectivity index is 1.95. The molecule has 2 aromatic carbocycles. The summed E-state index contributed by atoms with van der Waals surface area (Å²) in [5.41, 5.74) is 0.796. The number of amides is 1. The van der Waals surface area contributed by atoms with Gasteiger partial charge in [0.15, 0.2) is 0 Å². The van der Waals surface area contributed by atoms with Crippen molar-refractivity contribution in [2.75, 3.05) is 6.54 Å². The Hall–Kier alpha value is -2.73. The van der Waals surface area contributed by atoms with Crippen LogP contribution in [-0.2, 0) is 11.0 Å². The van der Waals surface area contributed by atoms with Crippen LogP contribution in [0.2, 0.25) is 0 Å². The van der Waals surface area contributed by atoms with Gasteiger partial charge in [0, 0.05) is 11.4 Å². The lowest BCUT2D eigenvalue weighted by atomic mass is 10.0. The van der Waals surface area contributed by atoms with Crippen molar-refractivity contribution < 1.29 is 18.0 Å². The molecule has 0 radical (unpaired) electrons. The zero-order valence-corrected chi connectivity index (χ0v) is 18.7. The van der Waals surface area contributed by atoms with E-state index in [0.29, 0.717) is 12.1 Å². The van der Waals surface area contributed by atoms with Crippen LogP contribution >= 0.6 is 11.8 Å². The molecule has 1 fully saturated rings. The van der Waals surface area contributed by atoms with Crippen molar-refractivity contribution >= 4 is 17.7 Å². The highest BCUT2D eigenvalue weighted by Crippen LogP contribution is 2.40. The van der Waals surface area contributed by atoms with Gasteiger partial charge in [-0.2, -0.15) is 13.2 Å². The molecule has 0 aliphatic carbocycles. The fourth-order valence-corrected chi connectivity index (χ4v) is 4.91. The quantitative estimate of drug-likeness (QED) is 0.323. The first-order valence-corrected chi connectivity index (χ1v) is 11.4. The minimum absolute atomic E-state index is 0.0930. The third kappa shape index (κ3) is 5.74. The van der Waals surface area contributed by atoms with E-state index in [9.17, 15) is 18.0 Å². The van der Waals surface area contributed by atoms with Gasteiger partial charge in [-0.25, -0.2) is 0 Å². The molecule has 2 atom stereocenters. The number of halogens is 3. The molecule has 2 unspecified atom stereocenters. The lowest BCUT2D eigenvalue weighted by molar-refractivity contribution is -0.137. The second-order valence-electron chi connectivity index (χ2n) is 7.52. The molecule has 2 aromatic rings. The van der Waals surface area contributed by atoms with Crippen molar-refractivity contribution in [2.24, 2.45) is 0 Å². The fourth-order valence-electron chi connectivity index (χ4n) is 3.79. The van der Waals surface area contributed by atoms with Crippen LogP contribution in [-0.4, -0.2) is 23.4 Å². The number of likely N-dealkylation sites (tertiary alicyclic amines) is 1. The molecule has 2 nitrogen and oxygen atoms in total. The van der Waals surface area contributed by atoms with Crippen molar-refractivity contribution in [2.45, 2.75) is 42.1 Å². The monoisotopic (exact) mass is 457 g/mol. The smallest absolute Gasteiger partial charge is 0.334 e. The topological polar surface area (TPSA) is 20.3 Å². The highest BCUT2D eigenvalue weighted by molar-refractivity contribution is 8.00. The highest BCUT2D eigenvalue weighted by atomic mass is 32.2. The molecule has 0 bridgehead atoms. The van der Waals surface area contributed by atoms with Crippen LogP contribution in [0.25, 0.3) is 0 Å². The van der Waals surface area contributed by atoms with Gasteiger partial charge in [0.2, 0.25) is 5.91 Å². The average molecular weight is 458 g/mol. The molecular weight excluding hydrogens is 431 g/mol. The van der Waals surface area contributed by atoms with Gasteiger partial charge >= 0.3 is 6.18 Å². The van der Waals surface area contributed by atoms with Crippen molar-refractivity contribution in [3.05, 3.63) is 102 Å². The van der Waals surface area contributed by atoms with Crippen molar-refractivity contribution in [3.8, 4) is 0 Å². The molecule has 3 rings (SSSR count). The van der Waals surface area contributed by atoms with E-state index < -0.39 is 17.0 Å². The van der Waals surface area contributed by atoms with E-state index in [1.165, 1.54) is 23.9 Å². The minimum Gasteiger partial charge on any atom is -0.334 e. The Labute approximate surface area is 191 Å². The van der Waals surface area contributed by atoms with Crippen molar-refractivity contribution in [1.82, 2.24) is 4.90 Å².